The number of allylic oxidation sites excluding steroid dienone is 1. The van der Waals surface area contributed by atoms with Crippen LogP contribution in [-0.2, 0) is 35.1 Å². The van der Waals surface area contributed by atoms with Crippen molar-refractivity contribution in [2.24, 2.45) is 11.1 Å². The highest BCUT2D eigenvalue weighted by Crippen LogP contribution is 2.46. The molecule has 0 amide bonds. The number of aromatic nitrogens is 3. The van der Waals surface area contributed by atoms with E-state index < -0.39 is 53.9 Å². The summed E-state index contributed by atoms with van der Waals surface area (Å²) in [5, 5.41) is 15.5. The summed E-state index contributed by atoms with van der Waals surface area (Å²) in [5.41, 5.74) is 0.121. The Morgan fingerprint density at radius 2 is 1.93 bits per heavy atom. The SMILES string of the molecule is C=C(C)OC[C@H]1O[C@H](CCO/N=C2/[C@H]3CCn4c(=O)n(-c5ccccc5)c(=O)n4[C@H]3[C@H](O)[C@@H]3O[C@H]23)C=C[C@@H]1OC(C)=O. The van der Waals surface area contributed by atoms with Crippen LogP contribution in [0.1, 0.15) is 32.7 Å². The average molecular weight is 583 g/mol. The molecule has 2 aromatic rings. The minimum atomic E-state index is -0.974. The summed E-state index contributed by atoms with van der Waals surface area (Å²) in [6.45, 7) is 7.49. The molecule has 3 aliphatic heterocycles. The molecule has 4 aliphatic rings. The van der Waals surface area contributed by atoms with Crippen molar-refractivity contribution in [2.45, 2.75) is 75.9 Å². The number of ether oxygens (including phenoxy) is 4. The second kappa shape index (κ2) is 11.4. The summed E-state index contributed by atoms with van der Waals surface area (Å²) in [4.78, 5) is 43.9. The van der Waals surface area contributed by atoms with E-state index in [4.69, 9.17) is 23.8 Å². The Morgan fingerprint density at radius 1 is 1.14 bits per heavy atom. The third kappa shape index (κ3) is 5.23. The standard InChI is InChI=1S/C29H34N4O9/c1-16(2)38-15-22-21(40-17(3)34)10-9-19(41-22)12-14-39-30-23-20-11-13-31-28(36)32(18-7-5-4-6-8-18)29(37)33(31)24(20)25(35)27-26(23)42-27/h4-10,19-22,24-27,35H,1,11-15H2,2-3H3/b30-23-/t19-,20+,21-,22+,24+,25-,26+,27-/m0/s1. The molecule has 0 radical (unpaired) electrons. The first kappa shape index (κ1) is 28.2. The molecule has 1 aromatic heterocycles. The van der Waals surface area contributed by atoms with E-state index in [1.807, 2.05) is 12.1 Å². The largest absolute Gasteiger partial charge is 0.496 e. The molecular weight excluding hydrogens is 548 g/mol. The van der Waals surface area contributed by atoms with Gasteiger partial charge in [0.25, 0.3) is 0 Å². The van der Waals surface area contributed by atoms with E-state index in [0.29, 0.717) is 30.0 Å². The normalized spacial score (nSPS) is 31.9. The molecule has 224 valence electrons. The number of aliphatic hydroxyl groups excluding tert-OH is 1. The maximum Gasteiger partial charge on any atom is 0.352 e. The first-order chi connectivity index (χ1) is 20.2. The number of epoxide rings is 1. The van der Waals surface area contributed by atoms with Gasteiger partial charge in [0.2, 0.25) is 0 Å². The zero-order valence-electron chi connectivity index (χ0n) is 23.4. The van der Waals surface area contributed by atoms with Crippen LogP contribution in [0.25, 0.3) is 5.69 Å². The monoisotopic (exact) mass is 582 g/mol. The van der Waals surface area contributed by atoms with Crippen molar-refractivity contribution in [3.05, 3.63) is 75.8 Å². The van der Waals surface area contributed by atoms with Crippen LogP contribution < -0.4 is 11.4 Å². The van der Waals surface area contributed by atoms with Crippen molar-refractivity contribution in [1.82, 2.24) is 13.9 Å². The van der Waals surface area contributed by atoms with E-state index in [0.717, 1.165) is 4.57 Å². The van der Waals surface area contributed by atoms with Gasteiger partial charge in [-0.25, -0.2) is 23.5 Å². The van der Waals surface area contributed by atoms with E-state index >= 15 is 0 Å². The number of fused-ring (bicyclic) bond motifs is 4. The highest BCUT2D eigenvalue weighted by Gasteiger charge is 2.61. The summed E-state index contributed by atoms with van der Waals surface area (Å²) >= 11 is 0. The van der Waals surface area contributed by atoms with Gasteiger partial charge in [-0.05, 0) is 31.6 Å². The third-order valence-electron chi connectivity index (χ3n) is 7.99. The van der Waals surface area contributed by atoms with Gasteiger partial charge in [0.15, 0.2) is 0 Å². The second-order valence-corrected chi connectivity index (χ2v) is 10.9. The number of hydrogen-bond donors (Lipinski definition) is 1. The summed E-state index contributed by atoms with van der Waals surface area (Å²) < 4.78 is 26.6. The fourth-order valence-electron chi connectivity index (χ4n) is 6.06. The summed E-state index contributed by atoms with van der Waals surface area (Å²) in [6, 6.07) is 8.00. The highest BCUT2D eigenvalue weighted by molar-refractivity contribution is 5.94. The lowest BCUT2D eigenvalue weighted by Gasteiger charge is -2.38. The van der Waals surface area contributed by atoms with Crippen molar-refractivity contribution in [1.29, 1.82) is 0 Å². The topological polar surface area (TPSA) is 148 Å². The van der Waals surface area contributed by atoms with Crippen LogP contribution in [0.15, 0.2) is 69.6 Å². The lowest BCUT2D eigenvalue weighted by molar-refractivity contribution is -0.158. The Hall–Kier alpha value is -3.94. The molecule has 13 heteroatoms. The maximum atomic E-state index is 13.5. The first-order valence-corrected chi connectivity index (χ1v) is 14.1. The third-order valence-corrected chi connectivity index (χ3v) is 7.99. The smallest absolute Gasteiger partial charge is 0.352 e. The van der Waals surface area contributed by atoms with Crippen molar-refractivity contribution in [2.75, 3.05) is 13.2 Å². The number of oxime groups is 1. The minimum absolute atomic E-state index is 0.180. The lowest BCUT2D eigenvalue weighted by atomic mass is 9.78. The fourth-order valence-corrected chi connectivity index (χ4v) is 6.06. The lowest BCUT2D eigenvalue weighted by Crippen LogP contribution is -2.53. The molecular formula is C29H34N4O9. The maximum absolute atomic E-state index is 13.5. The Labute approximate surface area is 241 Å². The highest BCUT2D eigenvalue weighted by atomic mass is 16.6. The Bertz CT molecular complexity index is 1520. The number of hydrogen-bond acceptors (Lipinski definition) is 10. The van der Waals surface area contributed by atoms with E-state index in [2.05, 4.69) is 11.7 Å². The average Bonchev–Trinajstić information content (AvgIpc) is 3.73. The summed E-state index contributed by atoms with van der Waals surface area (Å²) in [7, 11) is 0. The van der Waals surface area contributed by atoms with Gasteiger partial charge in [-0.2, -0.15) is 0 Å². The van der Waals surface area contributed by atoms with Gasteiger partial charge in [-0.3, -0.25) is 4.79 Å². The molecule has 2 fully saturated rings. The van der Waals surface area contributed by atoms with E-state index in [9.17, 15) is 19.5 Å². The number of carbonyl (C=O) groups excluding carboxylic acids is 1. The number of para-hydroxylation sites is 1. The molecule has 4 heterocycles. The molecule has 13 nitrogen and oxygen atoms in total. The zero-order valence-corrected chi connectivity index (χ0v) is 23.4. The second-order valence-electron chi connectivity index (χ2n) is 10.9. The van der Waals surface area contributed by atoms with Crippen molar-refractivity contribution >= 4 is 11.7 Å². The first-order valence-electron chi connectivity index (χ1n) is 14.1. The van der Waals surface area contributed by atoms with Gasteiger partial charge in [0.05, 0.1) is 29.3 Å². The van der Waals surface area contributed by atoms with Gasteiger partial charge < -0.3 is 28.9 Å². The van der Waals surface area contributed by atoms with E-state index in [1.165, 1.54) is 16.3 Å². The van der Waals surface area contributed by atoms with Gasteiger partial charge >= 0.3 is 17.3 Å². The Kier molecular flexibility index (Phi) is 7.64. The van der Waals surface area contributed by atoms with Gasteiger partial charge in [-0.15, -0.1) is 0 Å². The van der Waals surface area contributed by atoms with Gasteiger partial charge in [0.1, 0.15) is 43.7 Å². The molecule has 42 heavy (non-hydrogen) atoms. The van der Waals surface area contributed by atoms with Crippen molar-refractivity contribution in [3.8, 4) is 5.69 Å². The minimum Gasteiger partial charge on any atom is -0.496 e. The van der Waals surface area contributed by atoms with Crippen molar-refractivity contribution < 1.29 is 33.7 Å². The van der Waals surface area contributed by atoms with E-state index in [-0.39, 0.29) is 31.8 Å². The van der Waals surface area contributed by atoms with Crippen LogP contribution in [-0.4, -0.2) is 80.6 Å². The number of benzene rings is 1. The van der Waals surface area contributed by atoms with Gasteiger partial charge in [0, 0.05) is 25.8 Å². The van der Waals surface area contributed by atoms with Crippen LogP contribution in [0.2, 0.25) is 0 Å². The van der Waals surface area contributed by atoms with Crippen molar-refractivity contribution in [3.63, 3.8) is 0 Å². The Morgan fingerprint density at radius 3 is 2.67 bits per heavy atom. The molecule has 0 bridgehead atoms. The molecule has 1 saturated heterocycles. The predicted molar refractivity (Wildman–Crippen MR) is 148 cm³/mol. The van der Waals surface area contributed by atoms with Crippen LogP contribution in [0.3, 0.4) is 0 Å². The summed E-state index contributed by atoms with van der Waals surface area (Å²) in [5.74, 6) is -0.228. The van der Waals surface area contributed by atoms with Gasteiger partial charge in [-0.1, -0.05) is 36.0 Å². The molecule has 6 rings (SSSR count). The zero-order chi connectivity index (χ0) is 29.5. The Balaban J connectivity index is 1.15. The molecule has 0 spiro atoms. The van der Waals surface area contributed by atoms with Crippen LogP contribution in [0.4, 0.5) is 0 Å². The molecule has 1 N–H and O–H groups in total. The number of esters is 1. The van der Waals surface area contributed by atoms with Crippen LogP contribution in [0.5, 0.6) is 0 Å². The number of rotatable bonds is 9. The molecule has 8 atom stereocenters. The number of carbonyl (C=O) groups is 1. The van der Waals surface area contributed by atoms with Crippen LogP contribution >= 0.6 is 0 Å². The number of nitrogens with zero attached hydrogens (tertiary/aromatic N) is 4. The molecule has 1 aliphatic carbocycles. The molecule has 0 unspecified atom stereocenters. The van der Waals surface area contributed by atoms with E-state index in [1.54, 1.807) is 37.3 Å². The molecule has 1 saturated carbocycles. The number of aliphatic hydroxyl groups is 1. The summed E-state index contributed by atoms with van der Waals surface area (Å²) in [6.07, 6.45) is 1.26. The quantitative estimate of drug-likeness (QED) is 0.114. The van der Waals surface area contributed by atoms with Crippen LogP contribution in [0, 0.1) is 5.92 Å². The predicted octanol–water partition coefficient (Wildman–Crippen LogP) is 1.07. The molecule has 1 aromatic carbocycles. The fraction of sp³-hybridized carbons (Fsp3) is 0.517.